The molecule has 9 heteroatoms. The number of hydrogen-bond donors (Lipinski definition) is 0. The SMILES string of the molecule is O=P(Cl)(OCC(Cl)CCl)SCC(Cl)CCl. The average molecular weight is 354 g/mol. The second-order valence-electron chi connectivity index (χ2n) is 2.53. The monoisotopic (exact) mass is 352 g/mol. The minimum Gasteiger partial charge on any atom is -0.308 e. The molecule has 0 radical (unpaired) electrons. The molecule has 0 aromatic rings. The molecular formula is C6H10Cl5O2PS. The first-order valence-corrected chi connectivity index (χ1v) is 9.96. The van der Waals surface area contributed by atoms with Crippen LogP contribution in [0.5, 0.6) is 0 Å². The van der Waals surface area contributed by atoms with Crippen molar-refractivity contribution in [3.63, 3.8) is 0 Å². The van der Waals surface area contributed by atoms with Crippen molar-refractivity contribution in [3.05, 3.63) is 0 Å². The maximum Gasteiger partial charge on any atom is 0.346 e. The first-order valence-electron chi connectivity index (χ1n) is 3.90. The fourth-order valence-electron chi connectivity index (χ4n) is 0.466. The molecule has 3 atom stereocenters. The van der Waals surface area contributed by atoms with Gasteiger partial charge in [0.25, 0.3) is 0 Å². The van der Waals surface area contributed by atoms with Gasteiger partial charge in [-0.25, -0.2) is 0 Å². The van der Waals surface area contributed by atoms with Gasteiger partial charge in [0, 0.05) is 17.5 Å². The third kappa shape index (κ3) is 9.67. The van der Waals surface area contributed by atoms with Gasteiger partial charge >= 0.3 is 5.92 Å². The highest BCUT2D eigenvalue weighted by Crippen LogP contribution is 2.64. The zero-order chi connectivity index (χ0) is 11.9. The molecule has 0 aliphatic rings. The van der Waals surface area contributed by atoms with E-state index in [1.165, 1.54) is 0 Å². The summed E-state index contributed by atoms with van der Waals surface area (Å²) in [6.07, 6.45) is 0. The number of alkyl halides is 4. The van der Waals surface area contributed by atoms with Crippen LogP contribution in [0.4, 0.5) is 0 Å². The summed E-state index contributed by atoms with van der Waals surface area (Å²) in [7, 11) is 0. The quantitative estimate of drug-likeness (QED) is 0.464. The Hall–Kier alpha value is 1.99. The van der Waals surface area contributed by atoms with E-state index in [4.69, 9.17) is 62.2 Å². The molecule has 0 aromatic carbocycles. The molecule has 3 unspecified atom stereocenters. The van der Waals surface area contributed by atoms with Crippen LogP contribution in [0.3, 0.4) is 0 Å². The normalized spacial score (nSPS) is 19.5. The topological polar surface area (TPSA) is 26.3 Å². The van der Waals surface area contributed by atoms with E-state index in [0.29, 0.717) is 5.75 Å². The minimum atomic E-state index is -3.22. The van der Waals surface area contributed by atoms with E-state index in [0.717, 1.165) is 11.4 Å². The second kappa shape index (κ2) is 8.99. The Labute approximate surface area is 118 Å². The van der Waals surface area contributed by atoms with Gasteiger partial charge in [-0.2, -0.15) is 0 Å². The molecule has 15 heavy (non-hydrogen) atoms. The average Bonchev–Trinajstić information content (AvgIpc) is 2.22. The van der Waals surface area contributed by atoms with Gasteiger partial charge in [0.15, 0.2) is 0 Å². The molecule has 0 saturated carbocycles. The van der Waals surface area contributed by atoms with Crippen molar-refractivity contribution >= 4 is 74.9 Å². The van der Waals surface area contributed by atoms with E-state index in [9.17, 15) is 4.57 Å². The van der Waals surface area contributed by atoms with Crippen molar-refractivity contribution in [2.24, 2.45) is 0 Å². The number of hydrogen-bond acceptors (Lipinski definition) is 3. The van der Waals surface area contributed by atoms with Crippen LogP contribution in [0, 0.1) is 0 Å². The fraction of sp³-hybridized carbons (Fsp3) is 1.00. The van der Waals surface area contributed by atoms with E-state index in [1.54, 1.807) is 0 Å². The summed E-state index contributed by atoms with van der Waals surface area (Å²) in [5.41, 5.74) is 0. The molecule has 0 bridgehead atoms. The lowest BCUT2D eigenvalue weighted by Gasteiger charge is -2.13. The van der Waals surface area contributed by atoms with E-state index < -0.39 is 11.3 Å². The summed E-state index contributed by atoms with van der Waals surface area (Å²) in [4.78, 5) is 0. The van der Waals surface area contributed by atoms with Gasteiger partial charge in [-0.1, -0.05) is 11.4 Å². The highest BCUT2D eigenvalue weighted by atomic mass is 35.7. The van der Waals surface area contributed by atoms with Crippen molar-refractivity contribution in [1.82, 2.24) is 0 Å². The van der Waals surface area contributed by atoms with Crippen molar-refractivity contribution in [1.29, 1.82) is 0 Å². The maximum atomic E-state index is 11.6. The molecular weight excluding hydrogens is 344 g/mol. The standard InChI is InChI=1S/C6H10Cl5O2PS/c7-1-5(9)3-13-14(11,12)15-4-6(10)2-8/h5-6H,1-4H2. The predicted octanol–water partition coefficient (Wildman–Crippen LogP) is 4.78. The van der Waals surface area contributed by atoms with Crippen LogP contribution in [-0.4, -0.2) is 34.9 Å². The van der Waals surface area contributed by atoms with E-state index in [2.05, 4.69) is 0 Å². The van der Waals surface area contributed by atoms with Gasteiger partial charge in [-0.15, -0.1) is 46.4 Å². The van der Waals surface area contributed by atoms with Gasteiger partial charge < -0.3 is 4.52 Å². The zero-order valence-electron chi connectivity index (χ0n) is 7.54. The summed E-state index contributed by atoms with van der Waals surface area (Å²) < 4.78 is 16.5. The Morgan fingerprint density at radius 2 is 1.73 bits per heavy atom. The van der Waals surface area contributed by atoms with Gasteiger partial charge in [0.05, 0.1) is 17.4 Å². The lowest BCUT2D eigenvalue weighted by atomic mass is 10.5. The summed E-state index contributed by atoms with van der Waals surface area (Å²) in [5.74, 6) is -2.38. The zero-order valence-corrected chi connectivity index (χ0v) is 13.0. The van der Waals surface area contributed by atoms with Crippen molar-refractivity contribution in [2.75, 3.05) is 24.1 Å². The van der Waals surface area contributed by atoms with E-state index >= 15 is 0 Å². The largest absolute Gasteiger partial charge is 0.346 e. The molecule has 0 aliphatic heterocycles. The fourth-order valence-corrected chi connectivity index (χ4v) is 4.44. The minimum absolute atomic E-state index is 0.0483. The van der Waals surface area contributed by atoms with Crippen LogP contribution in [0.2, 0.25) is 0 Å². The summed E-state index contributed by atoms with van der Waals surface area (Å²) >= 11 is 28.9. The third-order valence-corrected chi connectivity index (χ3v) is 7.16. The smallest absolute Gasteiger partial charge is 0.308 e. The first-order chi connectivity index (χ1) is 6.91. The van der Waals surface area contributed by atoms with Crippen molar-refractivity contribution in [3.8, 4) is 0 Å². The molecule has 0 fully saturated rings. The molecule has 92 valence electrons. The number of rotatable bonds is 8. The summed E-state index contributed by atoms with van der Waals surface area (Å²) in [6, 6.07) is 0. The molecule has 2 nitrogen and oxygen atoms in total. The Morgan fingerprint density at radius 1 is 1.20 bits per heavy atom. The van der Waals surface area contributed by atoms with Gasteiger partial charge in [0.2, 0.25) is 0 Å². The lowest BCUT2D eigenvalue weighted by molar-refractivity contribution is 0.338. The Kier molecular flexibility index (Phi) is 10.2. The number of halogens is 5. The van der Waals surface area contributed by atoms with Crippen LogP contribution >= 0.6 is 74.9 Å². The Bertz CT molecular complexity index is 202. The highest BCUT2D eigenvalue weighted by molar-refractivity contribution is 8.63. The third-order valence-electron chi connectivity index (χ3n) is 1.15. The molecule has 0 heterocycles. The van der Waals surface area contributed by atoms with Gasteiger partial charge in [-0.3, -0.25) is 4.57 Å². The van der Waals surface area contributed by atoms with Gasteiger partial charge in [0.1, 0.15) is 0 Å². The Balaban J connectivity index is 3.81. The van der Waals surface area contributed by atoms with Crippen LogP contribution in [0.15, 0.2) is 0 Å². The summed E-state index contributed by atoms with van der Waals surface area (Å²) in [5, 5.41) is -0.689. The first kappa shape index (κ1) is 17.0. The van der Waals surface area contributed by atoms with Crippen LogP contribution in [-0.2, 0) is 9.09 Å². The second-order valence-corrected chi connectivity index (χ2v) is 10.2. The Morgan fingerprint density at radius 3 is 2.20 bits per heavy atom. The van der Waals surface area contributed by atoms with Crippen molar-refractivity contribution in [2.45, 2.75) is 10.8 Å². The van der Waals surface area contributed by atoms with Crippen LogP contribution in [0.1, 0.15) is 0 Å². The van der Waals surface area contributed by atoms with Crippen LogP contribution < -0.4 is 0 Å². The predicted molar refractivity (Wildman–Crippen MR) is 72.6 cm³/mol. The van der Waals surface area contributed by atoms with Crippen molar-refractivity contribution < 1.29 is 9.09 Å². The molecule has 0 saturated heterocycles. The lowest BCUT2D eigenvalue weighted by Crippen LogP contribution is -2.08. The molecule has 0 amide bonds. The highest BCUT2D eigenvalue weighted by Gasteiger charge is 2.23. The molecule has 0 aromatic heterocycles. The van der Waals surface area contributed by atoms with Crippen LogP contribution in [0.25, 0.3) is 0 Å². The molecule has 0 rings (SSSR count). The van der Waals surface area contributed by atoms with E-state index in [-0.39, 0.29) is 23.7 Å². The van der Waals surface area contributed by atoms with E-state index in [1.807, 2.05) is 0 Å². The summed E-state index contributed by atoms with van der Waals surface area (Å²) in [6.45, 7) is 0.0483. The molecule has 0 aliphatic carbocycles. The maximum absolute atomic E-state index is 11.6. The molecule has 0 spiro atoms. The van der Waals surface area contributed by atoms with Gasteiger partial charge in [-0.05, 0) is 11.2 Å². The molecule has 0 N–H and O–H groups in total.